The van der Waals surface area contributed by atoms with Crippen LogP contribution in [0.2, 0.25) is 0 Å². The molecule has 0 amide bonds. The van der Waals surface area contributed by atoms with Gasteiger partial charge in [0.15, 0.2) is 0 Å². The van der Waals surface area contributed by atoms with Crippen molar-refractivity contribution in [1.29, 1.82) is 0 Å². The van der Waals surface area contributed by atoms with Gasteiger partial charge in [-0.2, -0.15) is 13.2 Å². The molecule has 2 aromatic carbocycles. The molecule has 1 heterocycles. The quantitative estimate of drug-likeness (QED) is 0.665. The van der Waals surface area contributed by atoms with Crippen molar-refractivity contribution in [2.24, 2.45) is 0 Å². The van der Waals surface area contributed by atoms with Crippen LogP contribution in [-0.2, 0) is 6.18 Å². The number of carbonyl (C=O) groups excluding carboxylic acids is 1. The van der Waals surface area contributed by atoms with Crippen LogP contribution < -0.4 is 4.74 Å². The Morgan fingerprint density at radius 2 is 1.83 bits per heavy atom. The Bertz CT molecular complexity index is 882. The maximum Gasteiger partial charge on any atom is 0.416 e. The number of para-hydroxylation sites is 1. The van der Waals surface area contributed by atoms with Crippen LogP contribution in [0.15, 0.2) is 55.1 Å². The molecule has 0 aromatic heterocycles. The van der Waals surface area contributed by atoms with Gasteiger partial charge in [0.25, 0.3) is 5.24 Å². The van der Waals surface area contributed by atoms with Gasteiger partial charge in [0.1, 0.15) is 11.5 Å². The number of hydrogen-bond donors (Lipinski definition) is 0. The van der Waals surface area contributed by atoms with Crippen LogP contribution in [0.4, 0.5) is 13.2 Å². The topological polar surface area (TPSA) is 26.3 Å². The third-order valence-electron chi connectivity index (χ3n) is 3.56. The van der Waals surface area contributed by atoms with Gasteiger partial charge >= 0.3 is 6.18 Å². The van der Waals surface area contributed by atoms with E-state index in [1.807, 2.05) is 0 Å². The number of rotatable bonds is 2. The molecule has 6 heteroatoms. The number of fused-ring (bicyclic) bond motifs is 1. The van der Waals surface area contributed by atoms with E-state index in [4.69, 9.17) is 16.3 Å². The number of carbonyl (C=O) groups is 1. The first-order chi connectivity index (χ1) is 11.3. The molecule has 2 aromatic rings. The molecule has 0 saturated carbocycles. The maximum absolute atomic E-state index is 12.9. The smallest absolute Gasteiger partial charge is 0.416 e. The maximum atomic E-state index is 12.9. The van der Waals surface area contributed by atoms with Gasteiger partial charge in [0.2, 0.25) is 0 Å². The van der Waals surface area contributed by atoms with E-state index < -0.39 is 17.0 Å². The third kappa shape index (κ3) is 2.95. The Labute approximate surface area is 140 Å². The Balaban J connectivity index is 2.07. The molecule has 0 radical (unpaired) electrons. The van der Waals surface area contributed by atoms with Crippen molar-refractivity contribution >= 4 is 28.2 Å². The highest BCUT2D eigenvalue weighted by Gasteiger charge is 2.31. The SMILES string of the molecule is C=C1C=C(c2cccc(C(F)(F)F)c2)Oc2c1cccc2C(=O)Cl. The van der Waals surface area contributed by atoms with Crippen molar-refractivity contribution in [3.05, 3.63) is 77.4 Å². The summed E-state index contributed by atoms with van der Waals surface area (Å²) in [6.45, 7) is 3.87. The number of allylic oxidation sites excluding steroid dienone is 2. The molecule has 3 rings (SSSR count). The minimum Gasteiger partial charge on any atom is -0.455 e. The number of alkyl halides is 3. The zero-order valence-electron chi connectivity index (χ0n) is 12.2. The van der Waals surface area contributed by atoms with E-state index in [9.17, 15) is 18.0 Å². The standard InChI is InChI=1S/C18H10ClF3O2/c1-10-8-15(11-4-2-5-12(9-11)18(20,21)22)24-16-13(10)6-3-7-14(16)17(19)23/h2-9H,1H2. The van der Waals surface area contributed by atoms with Gasteiger partial charge in [-0.3, -0.25) is 4.79 Å². The van der Waals surface area contributed by atoms with E-state index in [1.54, 1.807) is 12.1 Å². The van der Waals surface area contributed by atoms with Crippen LogP contribution in [0.1, 0.15) is 27.0 Å². The average Bonchev–Trinajstić information content (AvgIpc) is 2.53. The summed E-state index contributed by atoms with van der Waals surface area (Å²) in [6, 6.07) is 9.55. The second-order valence-corrected chi connectivity index (χ2v) is 5.51. The van der Waals surface area contributed by atoms with Crippen molar-refractivity contribution in [3.8, 4) is 5.75 Å². The molecule has 24 heavy (non-hydrogen) atoms. The molecule has 0 atom stereocenters. The lowest BCUT2D eigenvalue weighted by molar-refractivity contribution is -0.137. The van der Waals surface area contributed by atoms with E-state index in [-0.39, 0.29) is 22.6 Å². The number of ether oxygens (including phenoxy) is 1. The number of benzene rings is 2. The largest absolute Gasteiger partial charge is 0.455 e. The highest BCUT2D eigenvalue weighted by molar-refractivity contribution is 6.68. The van der Waals surface area contributed by atoms with Gasteiger partial charge in [-0.1, -0.05) is 30.8 Å². The summed E-state index contributed by atoms with van der Waals surface area (Å²) in [5.41, 5.74) is 0.657. The summed E-state index contributed by atoms with van der Waals surface area (Å²) in [5, 5.41) is -0.718. The second kappa shape index (κ2) is 5.83. The summed E-state index contributed by atoms with van der Waals surface area (Å²) in [6.07, 6.45) is -2.93. The number of halogens is 4. The van der Waals surface area contributed by atoms with Crippen LogP contribution in [-0.4, -0.2) is 5.24 Å². The van der Waals surface area contributed by atoms with E-state index in [0.717, 1.165) is 12.1 Å². The number of hydrogen-bond acceptors (Lipinski definition) is 2. The molecule has 1 aliphatic rings. The zero-order chi connectivity index (χ0) is 17.5. The summed E-state index contributed by atoms with van der Waals surface area (Å²) in [5.74, 6) is 0.362. The van der Waals surface area contributed by atoms with Crippen LogP contribution in [0.25, 0.3) is 11.3 Å². The molecule has 0 spiro atoms. The molecular weight excluding hydrogens is 341 g/mol. The monoisotopic (exact) mass is 350 g/mol. The Morgan fingerprint density at radius 3 is 2.50 bits per heavy atom. The first kappa shape index (κ1) is 16.3. The van der Waals surface area contributed by atoms with E-state index >= 15 is 0 Å². The molecular formula is C18H10ClF3O2. The van der Waals surface area contributed by atoms with Gasteiger partial charge in [-0.25, -0.2) is 0 Å². The lowest BCUT2D eigenvalue weighted by Gasteiger charge is -2.22. The van der Waals surface area contributed by atoms with Crippen molar-refractivity contribution in [2.75, 3.05) is 0 Å². The minimum absolute atomic E-state index is 0.132. The minimum atomic E-state index is -4.46. The average molecular weight is 351 g/mol. The summed E-state index contributed by atoms with van der Waals surface area (Å²) >= 11 is 5.55. The third-order valence-corrected chi connectivity index (χ3v) is 3.77. The first-order valence-corrected chi connectivity index (χ1v) is 7.24. The molecule has 0 fully saturated rings. The first-order valence-electron chi connectivity index (χ1n) is 6.86. The summed E-state index contributed by atoms with van der Waals surface area (Å²) in [7, 11) is 0. The lowest BCUT2D eigenvalue weighted by atomic mass is 9.98. The van der Waals surface area contributed by atoms with Crippen molar-refractivity contribution in [1.82, 2.24) is 0 Å². The van der Waals surface area contributed by atoms with E-state index in [1.165, 1.54) is 24.3 Å². The van der Waals surface area contributed by atoms with Crippen LogP contribution in [0, 0.1) is 0 Å². The van der Waals surface area contributed by atoms with E-state index in [0.29, 0.717) is 11.1 Å². The molecule has 122 valence electrons. The molecule has 1 aliphatic heterocycles. The fourth-order valence-corrected chi connectivity index (χ4v) is 2.57. The molecule has 0 aliphatic carbocycles. The Hall–Kier alpha value is -2.53. The van der Waals surface area contributed by atoms with Crippen molar-refractivity contribution < 1.29 is 22.7 Å². The predicted octanol–water partition coefficient (Wildman–Crippen LogP) is 5.53. The fraction of sp³-hybridized carbons (Fsp3) is 0.0556. The second-order valence-electron chi connectivity index (χ2n) is 5.17. The zero-order valence-corrected chi connectivity index (χ0v) is 12.9. The summed E-state index contributed by atoms with van der Waals surface area (Å²) in [4.78, 5) is 11.5. The molecule has 0 bridgehead atoms. The molecule has 0 unspecified atom stereocenters. The normalized spacial score (nSPS) is 13.8. The van der Waals surface area contributed by atoms with Crippen molar-refractivity contribution in [2.45, 2.75) is 6.18 Å². The Morgan fingerprint density at radius 1 is 1.12 bits per heavy atom. The van der Waals surface area contributed by atoms with E-state index in [2.05, 4.69) is 6.58 Å². The van der Waals surface area contributed by atoms with Gasteiger partial charge in [0.05, 0.1) is 11.1 Å². The van der Waals surface area contributed by atoms with Gasteiger partial charge in [0, 0.05) is 11.1 Å². The Kier molecular flexibility index (Phi) is 3.97. The predicted molar refractivity (Wildman–Crippen MR) is 85.7 cm³/mol. The van der Waals surface area contributed by atoms with Gasteiger partial charge in [-0.15, -0.1) is 0 Å². The van der Waals surface area contributed by atoms with Crippen LogP contribution in [0.5, 0.6) is 5.75 Å². The van der Waals surface area contributed by atoms with Gasteiger partial charge < -0.3 is 4.74 Å². The molecule has 2 nitrogen and oxygen atoms in total. The van der Waals surface area contributed by atoms with Gasteiger partial charge in [-0.05, 0) is 41.4 Å². The highest BCUT2D eigenvalue weighted by Crippen LogP contribution is 2.40. The molecule has 0 saturated heterocycles. The lowest BCUT2D eigenvalue weighted by Crippen LogP contribution is -2.09. The molecule has 0 N–H and O–H groups in total. The summed E-state index contributed by atoms with van der Waals surface area (Å²) < 4.78 is 44.3. The highest BCUT2D eigenvalue weighted by atomic mass is 35.5. The fourth-order valence-electron chi connectivity index (χ4n) is 2.42. The van der Waals surface area contributed by atoms with Crippen molar-refractivity contribution in [3.63, 3.8) is 0 Å². The van der Waals surface area contributed by atoms with Crippen LogP contribution >= 0.6 is 11.6 Å². The van der Waals surface area contributed by atoms with Crippen LogP contribution in [0.3, 0.4) is 0 Å².